The van der Waals surface area contributed by atoms with Gasteiger partial charge in [0.1, 0.15) is 0 Å². The van der Waals surface area contributed by atoms with Crippen LogP contribution in [0.5, 0.6) is 0 Å². The zero-order valence-corrected chi connectivity index (χ0v) is 19.9. The lowest BCUT2D eigenvalue weighted by Crippen LogP contribution is -2.39. The van der Waals surface area contributed by atoms with E-state index in [2.05, 4.69) is 12.2 Å². The Kier molecular flexibility index (Phi) is 7.36. The monoisotopic (exact) mass is 457 g/mol. The van der Waals surface area contributed by atoms with Gasteiger partial charge in [-0.25, -0.2) is 8.42 Å². The highest BCUT2D eigenvalue weighted by atomic mass is 32.2. The van der Waals surface area contributed by atoms with Gasteiger partial charge in [0, 0.05) is 31.4 Å². The zero-order valence-electron chi connectivity index (χ0n) is 19.1. The Morgan fingerprint density at radius 2 is 1.81 bits per heavy atom. The second kappa shape index (κ2) is 9.83. The average molecular weight is 458 g/mol. The van der Waals surface area contributed by atoms with E-state index in [9.17, 15) is 18.0 Å². The van der Waals surface area contributed by atoms with Gasteiger partial charge >= 0.3 is 0 Å². The van der Waals surface area contributed by atoms with Gasteiger partial charge in [0.05, 0.1) is 11.4 Å². The minimum Gasteiger partial charge on any atom is -0.332 e. The molecule has 0 aromatic heterocycles. The average Bonchev–Trinajstić information content (AvgIpc) is 2.76. The van der Waals surface area contributed by atoms with Crippen LogP contribution in [-0.2, 0) is 14.8 Å². The summed E-state index contributed by atoms with van der Waals surface area (Å²) >= 11 is 0. The Labute approximate surface area is 190 Å². The maximum atomic E-state index is 12.9. The fraction of sp³-hybridized carbons (Fsp3) is 0.417. The fourth-order valence-corrected chi connectivity index (χ4v) is 5.47. The van der Waals surface area contributed by atoms with Gasteiger partial charge in [0.15, 0.2) is 0 Å². The molecule has 1 fully saturated rings. The van der Waals surface area contributed by atoms with Crippen LogP contribution in [0.25, 0.3) is 0 Å². The van der Waals surface area contributed by atoms with Crippen LogP contribution < -0.4 is 5.32 Å². The maximum absolute atomic E-state index is 12.9. The first-order valence-electron chi connectivity index (χ1n) is 10.8. The smallest absolute Gasteiger partial charge is 0.254 e. The Morgan fingerprint density at radius 3 is 2.47 bits per heavy atom. The highest BCUT2D eigenvalue weighted by Gasteiger charge is 2.28. The molecule has 7 nitrogen and oxygen atoms in total. The molecule has 0 radical (unpaired) electrons. The second-order valence-electron chi connectivity index (χ2n) is 8.59. The number of amides is 2. The molecule has 2 amide bonds. The number of carbonyl (C=O) groups is 2. The Balaban J connectivity index is 1.64. The highest BCUT2D eigenvalue weighted by Crippen LogP contribution is 2.24. The van der Waals surface area contributed by atoms with Crippen LogP contribution in [0.3, 0.4) is 0 Å². The Morgan fingerprint density at radius 1 is 1.12 bits per heavy atom. The van der Waals surface area contributed by atoms with E-state index in [0.29, 0.717) is 24.6 Å². The van der Waals surface area contributed by atoms with E-state index in [0.717, 1.165) is 29.7 Å². The predicted octanol–water partition coefficient (Wildman–Crippen LogP) is 3.43. The summed E-state index contributed by atoms with van der Waals surface area (Å²) in [6, 6.07) is 11.6. The third kappa shape index (κ3) is 5.37. The van der Waals surface area contributed by atoms with E-state index in [1.165, 1.54) is 33.5 Å². The molecule has 1 unspecified atom stereocenters. The van der Waals surface area contributed by atoms with Gasteiger partial charge in [-0.1, -0.05) is 19.1 Å². The third-order valence-electron chi connectivity index (χ3n) is 5.96. The van der Waals surface area contributed by atoms with Crippen LogP contribution in [-0.4, -0.2) is 56.1 Å². The van der Waals surface area contributed by atoms with Crippen LogP contribution in [0.4, 0.5) is 5.69 Å². The Hall–Kier alpha value is -2.71. The van der Waals surface area contributed by atoms with E-state index >= 15 is 0 Å². The molecule has 1 saturated heterocycles. The first-order valence-corrected chi connectivity index (χ1v) is 12.3. The van der Waals surface area contributed by atoms with E-state index in [-0.39, 0.29) is 23.3 Å². The van der Waals surface area contributed by atoms with E-state index < -0.39 is 10.0 Å². The molecule has 2 aromatic rings. The van der Waals surface area contributed by atoms with Crippen molar-refractivity contribution in [2.24, 2.45) is 5.92 Å². The number of likely N-dealkylation sites (N-methyl/N-ethyl adjacent to an activating group) is 1. The first kappa shape index (κ1) is 23.9. The van der Waals surface area contributed by atoms with Crippen molar-refractivity contribution in [3.05, 3.63) is 59.2 Å². The molecule has 1 aliphatic heterocycles. The van der Waals surface area contributed by atoms with Crippen LogP contribution >= 0.6 is 0 Å². The molecule has 0 saturated carbocycles. The number of nitrogens with one attached hydrogen (secondary N) is 1. The lowest BCUT2D eigenvalue weighted by Gasteiger charge is -2.30. The molecule has 1 N–H and O–H groups in total. The van der Waals surface area contributed by atoms with Crippen molar-refractivity contribution < 1.29 is 18.0 Å². The lowest BCUT2D eigenvalue weighted by atomic mass is 10.0. The van der Waals surface area contributed by atoms with Crippen molar-refractivity contribution in [3.63, 3.8) is 0 Å². The van der Waals surface area contributed by atoms with E-state index in [4.69, 9.17) is 0 Å². The van der Waals surface area contributed by atoms with Crippen molar-refractivity contribution in [3.8, 4) is 0 Å². The quantitative estimate of drug-likeness (QED) is 0.720. The SMILES string of the molecule is Cc1cccc(NC(=O)CN(C)C(=O)c2ccc(S(=O)(=O)N3CCCC(C)C3)cc2)c1C. The van der Waals surface area contributed by atoms with E-state index in [1.54, 1.807) is 7.05 Å². The largest absolute Gasteiger partial charge is 0.332 e. The zero-order chi connectivity index (χ0) is 23.5. The Bertz CT molecular complexity index is 1100. The number of piperidine rings is 1. The van der Waals surface area contributed by atoms with Crippen molar-refractivity contribution in [1.29, 1.82) is 0 Å². The molecule has 1 aliphatic rings. The van der Waals surface area contributed by atoms with Crippen LogP contribution in [0.15, 0.2) is 47.4 Å². The molecule has 0 bridgehead atoms. The molecular weight excluding hydrogens is 426 g/mol. The summed E-state index contributed by atoms with van der Waals surface area (Å²) in [6.45, 7) is 6.87. The van der Waals surface area contributed by atoms with Gasteiger partial charge in [0.2, 0.25) is 15.9 Å². The maximum Gasteiger partial charge on any atom is 0.254 e. The van der Waals surface area contributed by atoms with Crippen LogP contribution in [0, 0.1) is 19.8 Å². The molecule has 8 heteroatoms. The number of aryl methyl sites for hydroxylation is 1. The summed E-state index contributed by atoms with van der Waals surface area (Å²) in [5, 5.41) is 2.84. The van der Waals surface area contributed by atoms with Crippen LogP contribution in [0.2, 0.25) is 0 Å². The normalized spacial score (nSPS) is 17.1. The lowest BCUT2D eigenvalue weighted by molar-refractivity contribution is -0.116. The number of nitrogens with zero attached hydrogens (tertiary/aromatic N) is 2. The molecule has 32 heavy (non-hydrogen) atoms. The van der Waals surface area contributed by atoms with Crippen molar-refractivity contribution >= 4 is 27.5 Å². The summed E-state index contributed by atoms with van der Waals surface area (Å²) < 4.78 is 27.3. The van der Waals surface area contributed by atoms with Crippen molar-refractivity contribution in [2.45, 2.75) is 38.5 Å². The minimum atomic E-state index is -3.57. The number of benzene rings is 2. The summed E-state index contributed by atoms with van der Waals surface area (Å²) in [4.78, 5) is 26.7. The van der Waals surface area contributed by atoms with Gasteiger partial charge in [-0.3, -0.25) is 9.59 Å². The number of carbonyl (C=O) groups excluding carboxylic acids is 2. The summed E-state index contributed by atoms with van der Waals surface area (Å²) in [5.41, 5.74) is 3.10. The number of sulfonamides is 1. The van der Waals surface area contributed by atoms with Crippen LogP contribution in [0.1, 0.15) is 41.3 Å². The molecule has 1 atom stereocenters. The fourth-order valence-electron chi connectivity index (χ4n) is 3.87. The topological polar surface area (TPSA) is 86.8 Å². The van der Waals surface area contributed by atoms with Crippen molar-refractivity contribution in [2.75, 3.05) is 32.0 Å². The minimum absolute atomic E-state index is 0.113. The first-order chi connectivity index (χ1) is 15.1. The van der Waals surface area contributed by atoms with Crippen molar-refractivity contribution in [1.82, 2.24) is 9.21 Å². The molecular formula is C24H31N3O4S. The molecule has 172 valence electrons. The number of anilines is 1. The highest BCUT2D eigenvalue weighted by molar-refractivity contribution is 7.89. The molecule has 2 aromatic carbocycles. The number of hydrogen-bond acceptors (Lipinski definition) is 4. The second-order valence-corrected chi connectivity index (χ2v) is 10.5. The van der Waals surface area contributed by atoms with E-state index in [1.807, 2.05) is 32.0 Å². The predicted molar refractivity (Wildman–Crippen MR) is 125 cm³/mol. The summed E-state index contributed by atoms with van der Waals surface area (Å²) in [5.74, 6) is -0.313. The van der Waals surface area contributed by atoms with Gasteiger partial charge in [-0.2, -0.15) is 4.31 Å². The third-order valence-corrected chi connectivity index (χ3v) is 7.84. The molecule has 0 spiro atoms. The standard InChI is InChI=1S/C24H31N3O4S/c1-17-7-6-14-27(15-17)32(30,31)21-12-10-20(11-13-21)24(29)26(4)16-23(28)25-22-9-5-8-18(2)19(22)3/h5,8-13,17H,6-7,14-16H2,1-4H3,(H,25,28). The number of rotatable bonds is 6. The molecule has 1 heterocycles. The van der Waals surface area contributed by atoms with Gasteiger partial charge in [0.25, 0.3) is 5.91 Å². The number of hydrogen-bond donors (Lipinski definition) is 1. The van der Waals surface area contributed by atoms with Gasteiger partial charge in [-0.15, -0.1) is 0 Å². The summed E-state index contributed by atoms with van der Waals surface area (Å²) in [6.07, 6.45) is 1.88. The molecule has 0 aliphatic carbocycles. The van der Waals surface area contributed by atoms with Gasteiger partial charge in [-0.05, 0) is 74.1 Å². The summed E-state index contributed by atoms with van der Waals surface area (Å²) in [7, 11) is -2.03. The molecule has 3 rings (SSSR count). The van der Waals surface area contributed by atoms with Gasteiger partial charge < -0.3 is 10.2 Å².